The predicted octanol–water partition coefficient (Wildman–Crippen LogP) is 4.71. The van der Waals surface area contributed by atoms with Crippen molar-refractivity contribution < 1.29 is 4.74 Å². The van der Waals surface area contributed by atoms with Gasteiger partial charge in [0.25, 0.3) is 0 Å². The van der Waals surface area contributed by atoms with E-state index in [4.69, 9.17) is 14.7 Å². The van der Waals surface area contributed by atoms with Gasteiger partial charge in [-0.1, -0.05) is 36.4 Å². The molecule has 3 aromatic rings. The second-order valence-electron chi connectivity index (χ2n) is 8.44. The zero-order valence-corrected chi connectivity index (χ0v) is 19.3. The van der Waals surface area contributed by atoms with Crippen LogP contribution in [0.4, 0.5) is 11.5 Å². The van der Waals surface area contributed by atoms with Crippen LogP contribution in [0.15, 0.2) is 42.5 Å². The molecule has 2 aromatic carbocycles. The van der Waals surface area contributed by atoms with Crippen LogP contribution in [-0.2, 0) is 17.7 Å². The number of hydrogen-bond acceptors (Lipinski definition) is 5. The van der Waals surface area contributed by atoms with Crippen molar-refractivity contribution in [2.75, 3.05) is 43.7 Å². The highest BCUT2D eigenvalue weighted by Gasteiger charge is 2.26. The molecule has 0 unspecified atom stereocenters. The zero-order chi connectivity index (χ0) is 22.0. The quantitative estimate of drug-likeness (QED) is 0.582. The molecule has 2 heterocycles. The predicted molar refractivity (Wildman–Crippen MR) is 128 cm³/mol. The highest BCUT2D eigenvalue weighted by atomic mass is 16.5. The first-order valence-corrected chi connectivity index (χ1v) is 11.0. The monoisotopic (exact) mass is 416 g/mol. The number of methoxy groups -OCH3 is 1. The summed E-state index contributed by atoms with van der Waals surface area (Å²) in [5, 5.41) is 0. The van der Waals surface area contributed by atoms with Gasteiger partial charge in [-0.15, -0.1) is 0 Å². The molecule has 31 heavy (non-hydrogen) atoms. The number of fused-ring (bicyclic) bond motifs is 1. The Balaban J connectivity index is 1.80. The highest BCUT2D eigenvalue weighted by molar-refractivity contribution is 5.68. The van der Waals surface area contributed by atoms with Crippen LogP contribution in [0.2, 0.25) is 0 Å². The Morgan fingerprint density at radius 1 is 0.968 bits per heavy atom. The molecule has 1 aliphatic rings. The van der Waals surface area contributed by atoms with Crippen LogP contribution in [-0.4, -0.2) is 43.8 Å². The third kappa shape index (κ3) is 4.28. The van der Waals surface area contributed by atoms with Crippen LogP contribution in [0.25, 0.3) is 11.4 Å². The molecule has 0 bridgehead atoms. The van der Waals surface area contributed by atoms with E-state index in [1.54, 1.807) is 7.11 Å². The van der Waals surface area contributed by atoms with E-state index < -0.39 is 0 Å². The minimum absolute atomic E-state index is 0.662. The summed E-state index contributed by atoms with van der Waals surface area (Å²) in [4.78, 5) is 14.9. The number of ether oxygens (including phenoxy) is 1. The van der Waals surface area contributed by atoms with Crippen molar-refractivity contribution in [2.45, 2.75) is 33.7 Å². The SMILES string of the molecule is COCCN(C)c1nc(-c2c(C)cccc2C)nc2c1CN(c1ccccc1C)CC2. The Bertz CT molecular complexity index is 1060. The minimum atomic E-state index is 0.662. The molecule has 0 aliphatic carbocycles. The number of para-hydroxylation sites is 1. The third-order valence-electron chi connectivity index (χ3n) is 6.19. The molecule has 1 aromatic heterocycles. The molecular weight excluding hydrogens is 384 g/mol. The van der Waals surface area contributed by atoms with Crippen molar-refractivity contribution >= 4 is 11.5 Å². The van der Waals surface area contributed by atoms with E-state index in [0.717, 1.165) is 49.0 Å². The maximum Gasteiger partial charge on any atom is 0.162 e. The van der Waals surface area contributed by atoms with Crippen molar-refractivity contribution in [3.8, 4) is 11.4 Å². The zero-order valence-electron chi connectivity index (χ0n) is 19.3. The van der Waals surface area contributed by atoms with Crippen molar-refractivity contribution in [1.29, 1.82) is 0 Å². The van der Waals surface area contributed by atoms with Gasteiger partial charge in [0.05, 0.1) is 12.3 Å². The number of likely N-dealkylation sites (N-methyl/N-ethyl adjacent to an activating group) is 1. The summed E-state index contributed by atoms with van der Waals surface area (Å²) in [6.07, 6.45) is 0.912. The molecule has 0 atom stereocenters. The molecular formula is C26H32N4O. The number of rotatable bonds is 6. The molecule has 0 N–H and O–H groups in total. The summed E-state index contributed by atoms with van der Waals surface area (Å²) >= 11 is 0. The maximum atomic E-state index is 5.34. The molecule has 4 rings (SSSR count). The van der Waals surface area contributed by atoms with E-state index in [-0.39, 0.29) is 0 Å². The fraction of sp³-hybridized carbons (Fsp3) is 0.385. The van der Waals surface area contributed by atoms with Crippen LogP contribution in [0.1, 0.15) is 27.9 Å². The fourth-order valence-electron chi connectivity index (χ4n) is 4.45. The summed E-state index contributed by atoms with van der Waals surface area (Å²) in [5.41, 5.74) is 8.55. The first-order chi connectivity index (χ1) is 15.0. The highest BCUT2D eigenvalue weighted by Crippen LogP contribution is 2.33. The molecule has 162 valence electrons. The average Bonchev–Trinajstić information content (AvgIpc) is 2.77. The summed E-state index contributed by atoms with van der Waals surface area (Å²) in [5.74, 6) is 1.84. The average molecular weight is 417 g/mol. The summed E-state index contributed by atoms with van der Waals surface area (Å²) in [6, 6.07) is 15.0. The summed E-state index contributed by atoms with van der Waals surface area (Å²) in [7, 11) is 3.84. The van der Waals surface area contributed by atoms with Crippen LogP contribution in [0.5, 0.6) is 0 Å². The Kier molecular flexibility index (Phi) is 6.23. The smallest absolute Gasteiger partial charge is 0.162 e. The van der Waals surface area contributed by atoms with E-state index in [0.29, 0.717) is 6.61 Å². The van der Waals surface area contributed by atoms with E-state index in [2.05, 4.69) is 80.1 Å². The maximum absolute atomic E-state index is 5.34. The van der Waals surface area contributed by atoms with Gasteiger partial charge in [0, 0.05) is 57.0 Å². The van der Waals surface area contributed by atoms with Gasteiger partial charge in [0.15, 0.2) is 5.82 Å². The standard InChI is InChI=1S/C26H32N4O/c1-18-9-6-7-12-23(18)30-14-13-22-21(17-30)26(29(4)15-16-31-5)28-25(27-22)24-19(2)10-8-11-20(24)3/h6-12H,13-17H2,1-5H3. The summed E-state index contributed by atoms with van der Waals surface area (Å²) in [6.45, 7) is 9.68. The molecule has 5 nitrogen and oxygen atoms in total. The van der Waals surface area contributed by atoms with Crippen molar-refractivity contribution in [3.63, 3.8) is 0 Å². The van der Waals surface area contributed by atoms with Gasteiger partial charge in [-0.05, 0) is 43.5 Å². The second-order valence-corrected chi connectivity index (χ2v) is 8.44. The molecule has 0 spiro atoms. The lowest BCUT2D eigenvalue weighted by atomic mass is 10.00. The number of aromatic nitrogens is 2. The number of nitrogens with zero attached hydrogens (tertiary/aromatic N) is 4. The fourth-order valence-corrected chi connectivity index (χ4v) is 4.45. The second kappa shape index (κ2) is 9.06. The van der Waals surface area contributed by atoms with Crippen LogP contribution >= 0.6 is 0 Å². The molecule has 0 fully saturated rings. The van der Waals surface area contributed by atoms with E-state index >= 15 is 0 Å². The van der Waals surface area contributed by atoms with Gasteiger partial charge in [0.1, 0.15) is 5.82 Å². The van der Waals surface area contributed by atoms with Crippen molar-refractivity contribution in [3.05, 3.63) is 70.4 Å². The first-order valence-electron chi connectivity index (χ1n) is 11.0. The number of hydrogen-bond donors (Lipinski definition) is 0. The largest absolute Gasteiger partial charge is 0.383 e. The van der Waals surface area contributed by atoms with Gasteiger partial charge in [-0.2, -0.15) is 0 Å². The van der Waals surface area contributed by atoms with E-state index in [1.807, 2.05) is 0 Å². The summed E-state index contributed by atoms with van der Waals surface area (Å²) < 4.78 is 5.34. The van der Waals surface area contributed by atoms with Gasteiger partial charge in [0.2, 0.25) is 0 Å². The van der Waals surface area contributed by atoms with Crippen LogP contribution in [0, 0.1) is 20.8 Å². The van der Waals surface area contributed by atoms with Crippen LogP contribution in [0.3, 0.4) is 0 Å². The third-order valence-corrected chi connectivity index (χ3v) is 6.19. The lowest BCUT2D eigenvalue weighted by Crippen LogP contribution is -2.34. The lowest BCUT2D eigenvalue weighted by Gasteiger charge is -2.34. The number of anilines is 2. The Hall–Kier alpha value is -2.92. The van der Waals surface area contributed by atoms with Gasteiger partial charge in [-0.3, -0.25) is 0 Å². The van der Waals surface area contributed by atoms with Gasteiger partial charge < -0.3 is 14.5 Å². The number of benzene rings is 2. The molecule has 0 amide bonds. The molecule has 0 saturated carbocycles. The Morgan fingerprint density at radius 2 is 1.68 bits per heavy atom. The first kappa shape index (κ1) is 21.3. The normalized spacial score (nSPS) is 13.3. The van der Waals surface area contributed by atoms with Gasteiger partial charge in [-0.25, -0.2) is 9.97 Å². The number of aryl methyl sites for hydroxylation is 3. The topological polar surface area (TPSA) is 41.5 Å². The van der Waals surface area contributed by atoms with Crippen molar-refractivity contribution in [2.24, 2.45) is 0 Å². The Labute approximate surface area is 185 Å². The molecule has 0 radical (unpaired) electrons. The van der Waals surface area contributed by atoms with Gasteiger partial charge >= 0.3 is 0 Å². The van der Waals surface area contributed by atoms with Crippen LogP contribution < -0.4 is 9.80 Å². The van der Waals surface area contributed by atoms with E-state index in [9.17, 15) is 0 Å². The molecule has 1 aliphatic heterocycles. The lowest BCUT2D eigenvalue weighted by molar-refractivity contribution is 0.206. The molecule has 0 saturated heterocycles. The van der Waals surface area contributed by atoms with Crippen molar-refractivity contribution in [1.82, 2.24) is 9.97 Å². The Morgan fingerprint density at radius 3 is 2.39 bits per heavy atom. The van der Waals surface area contributed by atoms with E-state index in [1.165, 1.54) is 27.9 Å². The minimum Gasteiger partial charge on any atom is -0.383 e. The molecule has 5 heteroatoms.